The summed E-state index contributed by atoms with van der Waals surface area (Å²) in [5, 5.41) is 37.9. The van der Waals surface area contributed by atoms with Crippen LogP contribution in [0.3, 0.4) is 0 Å². The second-order valence-electron chi connectivity index (χ2n) is 9.01. The molecule has 218 valence electrons. The van der Waals surface area contributed by atoms with Crippen molar-refractivity contribution in [3.63, 3.8) is 0 Å². The number of aryl methyl sites for hydroxylation is 1. The van der Waals surface area contributed by atoms with Gasteiger partial charge in [-0.25, -0.2) is 24.0 Å². The molecular weight excluding hydrogens is 578 g/mol. The van der Waals surface area contributed by atoms with Crippen LogP contribution in [0.1, 0.15) is 5.56 Å². The third-order valence-electron chi connectivity index (χ3n) is 6.32. The number of phenols is 1. The van der Waals surface area contributed by atoms with Crippen LogP contribution in [0.25, 0.3) is 0 Å². The van der Waals surface area contributed by atoms with Gasteiger partial charge >= 0.3 is 18.0 Å². The predicted molar refractivity (Wildman–Crippen MR) is 146 cm³/mol. The third kappa shape index (κ3) is 6.37. The van der Waals surface area contributed by atoms with Gasteiger partial charge in [-0.15, -0.1) is 16.9 Å². The highest BCUT2D eigenvalue weighted by Crippen LogP contribution is 2.41. The third-order valence-corrected chi connectivity index (χ3v) is 8.75. The van der Waals surface area contributed by atoms with E-state index in [-0.39, 0.29) is 23.6 Å². The Morgan fingerprint density at radius 3 is 2.54 bits per heavy atom. The lowest BCUT2D eigenvalue weighted by Crippen LogP contribution is -2.72. The minimum Gasteiger partial charge on any atom is -0.508 e. The number of carboxylic acid groups (broad SMARTS) is 1. The number of β-lactam (4-membered cyclic amide) rings is 1. The summed E-state index contributed by atoms with van der Waals surface area (Å²) in [7, 11) is 4.23. The molecule has 2 aliphatic heterocycles. The molecule has 0 bridgehead atoms. The summed E-state index contributed by atoms with van der Waals surface area (Å²) < 4.78 is 1.45. The zero-order valence-electron chi connectivity index (χ0n) is 22.1. The van der Waals surface area contributed by atoms with Crippen molar-refractivity contribution in [3.05, 3.63) is 41.1 Å². The number of benzene rings is 1. The van der Waals surface area contributed by atoms with E-state index in [2.05, 4.69) is 31.5 Å². The number of rotatable bonds is 9. The first-order valence-corrected chi connectivity index (χ1v) is 14.1. The number of carboxylic acids is 1. The molecule has 1 aromatic carbocycles. The average molecular weight is 606 g/mol. The molecule has 0 spiro atoms. The van der Waals surface area contributed by atoms with Gasteiger partial charge in [0.1, 0.15) is 28.9 Å². The molecule has 3 heterocycles. The molecule has 0 unspecified atom stereocenters. The van der Waals surface area contributed by atoms with Gasteiger partial charge in [0.15, 0.2) is 0 Å². The number of nitrogens with zero attached hydrogens (tertiary/aromatic N) is 6. The van der Waals surface area contributed by atoms with Crippen LogP contribution in [-0.4, -0.2) is 113 Å². The highest BCUT2D eigenvalue weighted by molar-refractivity contribution is 8.01. The van der Waals surface area contributed by atoms with E-state index in [1.807, 2.05) is 0 Å². The first-order valence-electron chi connectivity index (χ1n) is 12.1. The fourth-order valence-corrected chi connectivity index (χ4v) is 6.46. The zero-order chi connectivity index (χ0) is 29.8. The Bertz CT molecular complexity index is 1400. The molecular formula is C23H27N9O7S2. The summed E-state index contributed by atoms with van der Waals surface area (Å²) in [5.41, 5.74) is 0.961. The maximum Gasteiger partial charge on any atom is 0.352 e. The lowest BCUT2D eigenvalue weighted by atomic mass is 10.0. The van der Waals surface area contributed by atoms with Crippen molar-refractivity contribution in [1.82, 2.24) is 46.0 Å². The van der Waals surface area contributed by atoms with Gasteiger partial charge in [0.05, 0.1) is 0 Å². The van der Waals surface area contributed by atoms with Gasteiger partial charge in [-0.3, -0.25) is 14.5 Å². The van der Waals surface area contributed by atoms with Crippen molar-refractivity contribution in [2.45, 2.75) is 29.0 Å². The summed E-state index contributed by atoms with van der Waals surface area (Å²) >= 11 is 2.54. The molecule has 5 N–H and O–H groups in total. The molecule has 4 rings (SSSR count). The van der Waals surface area contributed by atoms with Crippen molar-refractivity contribution in [2.24, 2.45) is 7.05 Å². The number of imide groups is 1. The molecule has 2 aliphatic rings. The Morgan fingerprint density at radius 1 is 1.22 bits per heavy atom. The summed E-state index contributed by atoms with van der Waals surface area (Å²) in [6, 6.07) is 2.19. The predicted octanol–water partition coefficient (Wildman–Crippen LogP) is -0.661. The quantitative estimate of drug-likeness (QED) is 0.178. The van der Waals surface area contributed by atoms with E-state index in [4.69, 9.17) is 0 Å². The van der Waals surface area contributed by atoms with Gasteiger partial charge in [-0.05, 0) is 33.7 Å². The van der Waals surface area contributed by atoms with Gasteiger partial charge < -0.3 is 26.2 Å². The smallest absolute Gasteiger partial charge is 0.352 e. The molecule has 41 heavy (non-hydrogen) atoms. The number of hydrogen-bond acceptors (Lipinski definition) is 11. The van der Waals surface area contributed by atoms with Gasteiger partial charge in [0.25, 0.3) is 5.91 Å². The summed E-state index contributed by atoms with van der Waals surface area (Å²) in [4.78, 5) is 65.1. The molecule has 2 aromatic rings. The number of tetrazole rings is 1. The number of nitrogens with one attached hydrogen (secondary N) is 3. The van der Waals surface area contributed by atoms with Crippen molar-refractivity contribution in [2.75, 3.05) is 25.6 Å². The van der Waals surface area contributed by atoms with Crippen LogP contribution in [0, 0.1) is 0 Å². The number of aromatic nitrogens is 4. The highest BCUT2D eigenvalue weighted by atomic mass is 32.2. The van der Waals surface area contributed by atoms with Crippen LogP contribution in [0.4, 0.5) is 9.59 Å². The fraction of sp³-hybridized carbons (Fsp3) is 0.391. The first-order chi connectivity index (χ1) is 19.5. The molecule has 0 radical (unpaired) electrons. The van der Waals surface area contributed by atoms with E-state index in [0.29, 0.717) is 22.0 Å². The fourth-order valence-electron chi connectivity index (χ4n) is 4.13. The lowest BCUT2D eigenvalue weighted by Gasteiger charge is -2.49. The standard InChI is InChI=1S/C23H27N9O7S2/c1-24-21(38)30(2)22(39)25-14(8-11-4-6-13(33)7-5-11)17(34)26-15-18(35)32-16(20(36)37)12(9-40-19(15)32)10-41-23-27-28-29-31(23)3/h4-7,14-15,19,33H,8-10H2,1-3H3,(H,24,38)(H,25,39)(H,26,34)(H,36,37)/t14-,15+,19+/m0/s1. The van der Waals surface area contributed by atoms with Crippen LogP contribution in [0.5, 0.6) is 5.75 Å². The number of amides is 6. The van der Waals surface area contributed by atoms with E-state index in [1.54, 1.807) is 19.2 Å². The molecule has 1 fully saturated rings. The highest BCUT2D eigenvalue weighted by Gasteiger charge is 2.54. The number of thioether (sulfide) groups is 2. The van der Waals surface area contributed by atoms with E-state index in [1.165, 1.54) is 54.4 Å². The SMILES string of the molecule is CNC(=O)N(C)C(=O)N[C@@H](Cc1ccc(O)cc1)C(=O)N[C@@H]1C(=O)N2C(C(=O)O)=C(CSc3nnnn3C)CS[C@H]12. The van der Waals surface area contributed by atoms with Crippen molar-refractivity contribution >= 4 is 53.4 Å². The number of carbonyl (C=O) groups is 5. The molecule has 0 saturated carbocycles. The summed E-state index contributed by atoms with van der Waals surface area (Å²) in [5.74, 6) is -2.02. The first kappa shape index (κ1) is 29.7. The van der Waals surface area contributed by atoms with Crippen LogP contribution in [-0.2, 0) is 27.9 Å². The zero-order valence-corrected chi connectivity index (χ0v) is 23.7. The number of aromatic hydroxyl groups is 1. The Morgan fingerprint density at radius 2 is 1.93 bits per heavy atom. The van der Waals surface area contributed by atoms with E-state index in [9.17, 15) is 34.2 Å². The van der Waals surface area contributed by atoms with Crippen molar-refractivity contribution in [1.29, 1.82) is 0 Å². The topological polar surface area (TPSA) is 212 Å². The van der Waals surface area contributed by atoms with E-state index in [0.717, 1.165) is 9.80 Å². The minimum absolute atomic E-state index is 0.0135. The van der Waals surface area contributed by atoms with Gasteiger partial charge in [-0.1, -0.05) is 23.9 Å². The molecule has 3 atom stereocenters. The number of carbonyl (C=O) groups excluding carboxylic acids is 4. The molecule has 0 aliphatic carbocycles. The summed E-state index contributed by atoms with van der Waals surface area (Å²) in [6.07, 6.45) is -0.0135. The van der Waals surface area contributed by atoms with Crippen LogP contribution in [0.15, 0.2) is 40.7 Å². The molecule has 18 heteroatoms. The lowest BCUT2D eigenvalue weighted by molar-refractivity contribution is -0.150. The second-order valence-corrected chi connectivity index (χ2v) is 11.1. The Kier molecular flexibility index (Phi) is 9.01. The minimum atomic E-state index is -1.27. The Hall–Kier alpha value is -4.32. The maximum absolute atomic E-state index is 13.4. The average Bonchev–Trinajstić information content (AvgIpc) is 3.37. The molecule has 1 aromatic heterocycles. The number of urea groups is 2. The molecule has 16 nitrogen and oxygen atoms in total. The number of phenolic OH excluding ortho intramolecular Hbond substituents is 1. The Balaban J connectivity index is 1.48. The van der Waals surface area contributed by atoms with Crippen LogP contribution in [0.2, 0.25) is 0 Å². The van der Waals surface area contributed by atoms with E-state index >= 15 is 0 Å². The number of aliphatic carboxylic acids is 1. The maximum atomic E-state index is 13.4. The van der Waals surface area contributed by atoms with Gasteiger partial charge in [0, 0.05) is 39.1 Å². The second kappa shape index (κ2) is 12.5. The van der Waals surface area contributed by atoms with Crippen LogP contribution >= 0.6 is 23.5 Å². The van der Waals surface area contributed by atoms with Gasteiger partial charge in [-0.2, -0.15) is 0 Å². The van der Waals surface area contributed by atoms with Gasteiger partial charge in [0.2, 0.25) is 11.1 Å². The van der Waals surface area contributed by atoms with E-state index < -0.39 is 47.3 Å². The summed E-state index contributed by atoms with van der Waals surface area (Å²) in [6.45, 7) is 0. The normalized spacial score (nSPS) is 18.6. The monoisotopic (exact) mass is 605 g/mol. The van der Waals surface area contributed by atoms with Crippen LogP contribution < -0.4 is 16.0 Å². The largest absolute Gasteiger partial charge is 0.508 e. The molecule has 6 amide bonds. The molecule has 1 saturated heterocycles. The number of fused-ring (bicyclic) bond motifs is 1. The van der Waals surface area contributed by atoms with Crippen molar-refractivity contribution < 1.29 is 34.2 Å². The van der Waals surface area contributed by atoms with Crippen molar-refractivity contribution in [3.8, 4) is 5.75 Å². The Labute approximate surface area is 241 Å². The number of hydrogen-bond donors (Lipinski definition) is 5.